The summed E-state index contributed by atoms with van der Waals surface area (Å²) in [7, 11) is 0. The first-order valence-corrected chi connectivity index (χ1v) is 5.40. The third-order valence-electron chi connectivity index (χ3n) is 2.61. The van der Waals surface area contributed by atoms with Gasteiger partial charge in [0.05, 0.1) is 0 Å². The lowest BCUT2D eigenvalue weighted by Crippen LogP contribution is -2.44. The predicted molar refractivity (Wildman–Crippen MR) is 60.9 cm³/mol. The van der Waals surface area contributed by atoms with E-state index in [1.165, 1.54) is 12.3 Å². The second kappa shape index (κ2) is 4.82. The molecule has 0 radical (unpaired) electrons. The molecule has 0 spiro atoms. The first-order chi connectivity index (χ1) is 8.16. The van der Waals surface area contributed by atoms with E-state index in [0.29, 0.717) is 12.2 Å². The fraction of sp³-hybridized carbons (Fsp3) is 0.364. The zero-order valence-corrected chi connectivity index (χ0v) is 9.14. The van der Waals surface area contributed by atoms with E-state index >= 15 is 0 Å². The van der Waals surface area contributed by atoms with E-state index in [4.69, 9.17) is 5.11 Å². The SMILES string of the molecule is O=C(O)c1cc(NC2CCCNC2=O)ccn1. The minimum atomic E-state index is -1.08. The first kappa shape index (κ1) is 11.4. The Balaban J connectivity index is 2.09. The van der Waals surface area contributed by atoms with Crippen LogP contribution in [0.15, 0.2) is 18.3 Å². The third kappa shape index (κ3) is 2.72. The number of carboxylic acids is 1. The number of aromatic nitrogens is 1. The highest BCUT2D eigenvalue weighted by Gasteiger charge is 2.21. The van der Waals surface area contributed by atoms with Crippen molar-refractivity contribution in [1.29, 1.82) is 0 Å². The summed E-state index contributed by atoms with van der Waals surface area (Å²) in [5.41, 5.74) is 0.561. The normalized spacial score (nSPS) is 19.5. The molecule has 17 heavy (non-hydrogen) atoms. The molecule has 2 heterocycles. The number of carboxylic acid groups (broad SMARTS) is 1. The summed E-state index contributed by atoms with van der Waals surface area (Å²) in [4.78, 5) is 26.0. The van der Waals surface area contributed by atoms with Gasteiger partial charge in [-0.3, -0.25) is 4.79 Å². The Labute approximate surface area is 98.1 Å². The number of anilines is 1. The molecule has 90 valence electrons. The summed E-state index contributed by atoms with van der Waals surface area (Å²) in [6.07, 6.45) is 3.07. The van der Waals surface area contributed by atoms with Crippen LogP contribution >= 0.6 is 0 Å². The summed E-state index contributed by atoms with van der Waals surface area (Å²) in [6, 6.07) is 2.77. The van der Waals surface area contributed by atoms with E-state index in [9.17, 15) is 9.59 Å². The molecule has 6 heteroatoms. The van der Waals surface area contributed by atoms with Gasteiger partial charge in [0.15, 0.2) is 0 Å². The molecule has 1 fully saturated rings. The number of carbonyl (C=O) groups is 2. The molecule has 1 aliphatic rings. The van der Waals surface area contributed by atoms with Crippen LogP contribution in [0.4, 0.5) is 5.69 Å². The third-order valence-corrected chi connectivity index (χ3v) is 2.61. The van der Waals surface area contributed by atoms with E-state index in [1.54, 1.807) is 6.07 Å². The fourth-order valence-electron chi connectivity index (χ4n) is 1.75. The molecule has 1 amide bonds. The highest BCUT2D eigenvalue weighted by molar-refractivity contribution is 5.88. The van der Waals surface area contributed by atoms with Crippen molar-refractivity contribution >= 4 is 17.6 Å². The topological polar surface area (TPSA) is 91.3 Å². The lowest BCUT2D eigenvalue weighted by Gasteiger charge is -2.23. The standard InChI is InChI=1S/C11H13N3O3/c15-10-8(2-1-4-13-10)14-7-3-5-12-9(6-7)11(16)17/h3,5-6,8H,1-2,4H2,(H,12,14)(H,13,15)(H,16,17). The van der Waals surface area contributed by atoms with Crippen LogP contribution in [0.3, 0.4) is 0 Å². The number of amides is 1. The zero-order valence-electron chi connectivity index (χ0n) is 9.14. The van der Waals surface area contributed by atoms with Crippen molar-refractivity contribution in [3.8, 4) is 0 Å². The molecule has 0 bridgehead atoms. The maximum absolute atomic E-state index is 11.5. The first-order valence-electron chi connectivity index (χ1n) is 5.40. The van der Waals surface area contributed by atoms with Gasteiger partial charge in [-0.2, -0.15) is 0 Å². The number of nitrogens with one attached hydrogen (secondary N) is 2. The van der Waals surface area contributed by atoms with E-state index in [1.807, 2.05) is 0 Å². The average molecular weight is 235 g/mol. The number of hydrogen-bond donors (Lipinski definition) is 3. The van der Waals surface area contributed by atoms with E-state index in [-0.39, 0.29) is 17.6 Å². The summed E-state index contributed by atoms with van der Waals surface area (Å²) in [5.74, 6) is -1.13. The zero-order chi connectivity index (χ0) is 12.3. The van der Waals surface area contributed by atoms with Gasteiger partial charge in [-0.05, 0) is 25.0 Å². The van der Waals surface area contributed by atoms with Crippen LogP contribution in [0, 0.1) is 0 Å². The predicted octanol–water partition coefficient (Wildman–Crippen LogP) is 0.470. The van der Waals surface area contributed by atoms with Gasteiger partial charge in [0.2, 0.25) is 5.91 Å². The van der Waals surface area contributed by atoms with Gasteiger partial charge in [-0.25, -0.2) is 9.78 Å². The summed E-state index contributed by atoms with van der Waals surface area (Å²) in [6.45, 7) is 0.702. The number of pyridine rings is 1. The van der Waals surface area contributed by atoms with Gasteiger partial charge in [0.1, 0.15) is 11.7 Å². The lowest BCUT2D eigenvalue weighted by atomic mass is 10.1. The minimum absolute atomic E-state index is 0.0359. The summed E-state index contributed by atoms with van der Waals surface area (Å²) in [5, 5.41) is 14.6. The molecular formula is C11H13N3O3. The molecule has 6 nitrogen and oxygen atoms in total. The summed E-state index contributed by atoms with van der Waals surface area (Å²) < 4.78 is 0. The van der Waals surface area contributed by atoms with Crippen LogP contribution in [0.25, 0.3) is 0 Å². The van der Waals surface area contributed by atoms with Crippen molar-refractivity contribution < 1.29 is 14.7 Å². The lowest BCUT2D eigenvalue weighted by molar-refractivity contribution is -0.123. The second-order valence-corrected chi connectivity index (χ2v) is 3.87. The van der Waals surface area contributed by atoms with Crippen LogP contribution in [0.1, 0.15) is 23.3 Å². The van der Waals surface area contributed by atoms with Crippen molar-refractivity contribution in [3.63, 3.8) is 0 Å². The van der Waals surface area contributed by atoms with Crippen LogP contribution in [0.2, 0.25) is 0 Å². The van der Waals surface area contributed by atoms with Gasteiger partial charge in [-0.15, -0.1) is 0 Å². The van der Waals surface area contributed by atoms with Crippen molar-refractivity contribution in [2.75, 3.05) is 11.9 Å². The molecular weight excluding hydrogens is 222 g/mol. The molecule has 1 aromatic rings. The Kier molecular flexibility index (Phi) is 3.22. The largest absolute Gasteiger partial charge is 0.477 e. The van der Waals surface area contributed by atoms with Gasteiger partial charge < -0.3 is 15.7 Å². The molecule has 0 aliphatic carbocycles. The van der Waals surface area contributed by atoms with Crippen LogP contribution in [-0.4, -0.2) is 34.6 Å². The summed E-state index contributed by atoms with van der Waals surface area (Å²) >= 11 is 0. The molecule has 1 aliphatic heterocycles. The number of nitrogens with zero attached hydrogens (tertiary/aromatic N) is 1. The Hall–Kier alpha value is -2.11. The molecule has 1 aromatic heterocycles. The van der Waals surface area contributed by atoms with Crippen LogP contribution in [0.5, 0.6) is 0 Å². The van der Waals surface area contributed by atoms with Crippen LogP contribution < -0.4 is 10.6 Å². The van der Waals surface area contributed by atoms with E-state index < -0.39 is 5.97 Å². The van der Waals surface area contributed by atoms with Crippen molar-refractivity contribution in [2.45, 2.75) is 18.9 Å². The van der Waals surface area contributed by atoms with Gasteiger partial charge in [-0.1, -0.05) is 0 Å². The van der Waals surface area contributed by atoms with E-state index in [2.05, 4.69) is 15.6 Å². The minimum Gasteiger partial charge on any atom is -0.477 e. The Morgan fingerprint density at radius 2 is 2.41 bits per heavy atom. The monoisotopic (exact) mass is 235 g/mol. The number of piperidine rings is 1. The molecule has 1 atom stereocenters. The van der Waals surface area contributed by atoms with Crippen molar-refractivity contribution in [2.24, 2.45) is 0 Å². The van der Waals surface area contributed by atoms with Crippen molar-refractivity contribution in [1.82, 2.24) is 10.3 Å². The Morgan fingerprint density at radius 3 is 3.12 bits per heavy atom. The van der Waals surface area contributed by atoms with Crippen LogP contribution in [-0.2, 0) is 4.79 Å². The van der Waals surface area contributed by atoms with Gasteiger partial charge in [0.25, 0.3) is 0 Å². The second-order valence-electron chi connectivity index (χ2n) is 3.87. The average Bonchev–Trinajstić information content (AvgIpc) is 2.32. The number of hydrogen-bond acceptors (Lipinski definition) is 4. The number of aromatic carboxylic acids is 1. The smallest absolute Gasteiger partial charge is 0.354 e. The number of rotatable bonds is 3. The molecule has 0 saturated carbocycles. The van der Waals surface area contributed by atoms with Crippen molar-refractivity contribution in [3.05, 3.63) is 24.0 Å². The van der Waals surface area contributed by atoms with Gasteiger partial charge in [0, 0.05) is 18.4 Å². The van der Waals surface area contributed by atoms with E-state index in [0.717, 1.165) is 12.8 Å². The molecule has 0 aromatic carbocycles. The molecule has 2 rings (SSSR count). The highest BCUT2D eigenvalue weighted by Crippen LogP contribution is 2.13. The Morgan fingerprint density at radius 1 is 1.59 bits per heavy atom. The fourth-order valence-corrected chi connectivity index (χ4v) is 1.75. The number of carbonyl (C=O) groups excluding carboxylic acids is 1. The van der Waals surface area contributed by atoms with Gasteiger partial charge >= 0.3 is 5.97 Å². The Bertz CT molecular complexity index is 447. The quantitative estimate of drug-likeness (QED) is 0.708. The maximum Gasteiger partial charge on any atom is 0.354 e. The molecule has 1 saturated heterocycles. The molecule has 1 unspecified atom stereocenters. The maximum atomic E-state index is 11.5. The molecule has 3 N–H and O–H groups in total. The highest BCUT2D eigenvalue weighted by atomic mass is 16.4.